The van der Waals surface area contributed by atoms with Crippen molar-refractivity contribution in [2.24, 2.45) is 0 Å². The molecule has 1 unspecified atom stereocenters. The summed E-state index contributed by atoms with van der Waals surface area (Å²) in [4.78, 5) is 0. The fraction of sp³-hybridized carbons (Fsp3) is 0.684. The van der Waals surface area contributed by atoms with Crippen molar-refractivity contribution < 1.29 is 25.2 Å². The first-order valence-corrected chi connectivity index (χ1v) is 8.98. The minimum Gasteiger partial charge on any atom is -0.394 e. The van der Waals surface area contributed by atoms with E-state index in [-0.39, 0.29) is 0 Å². The highest BCUT2D eigenvalue weighted by Crippen LogP contribution is 2.34. The minimum absolute atomic E-state index is 0.402. The number of benzene rings is 1. The van der Waals surface area contributed by atoms with Crippen LogP contribution in [-0.4, -0.2) is 51.4 Å². The van der Waals surface area contributed by atoms with Gasteiger partial charge >= 0.3 is 0 Å². The topological polar surface area (TPSA) is 90.2 Å². The van der Waals surface area contributed by atoms with Crippen LogP contribution in [0.4, 0.5) is 0 Å². The largest absolute Gasteiger partial charge is 0.394 e. The molecule has 0 amide bonds. The molecule has 136 valence electrons. The normalized spacial score (nSPS) is 30.5. The van der Waals surface area contributed by atoms with Crippen LogP contribution in [0.15, 0.2) is 24.3 Å². The lowest BCUT2D eigenvalue weighted by molar-refractivity contribution is -0.231. The molecule has 1 fully saturated rings. The number of hydrogen-bond acceptors (Lipinski definition) is 5. The predicted molar refractivity (Wildman–Crippen MR) is 91.6 cm³/mol. The molecule has 0 radical (unpaired) electrons. The highest BCUT2D eigenvalue weighted by Gasteiger charge is 2.44. The summed E-state index contributed by atoms with van der Waals surface area (Å²) in [6.07, 6.45) is 1.30. The first-order chi connectivity index (χ1) is 11.6. The average molecular weight is 338 g/mol. The molecule has 4 N–H and O–H groups in total. The Kier molecular flexibility index (Phi) is 7.65. The molecule has 24 heavy (non-hydrogen) atoms. The lowest BCUT2D eigenvalue weighted by Gasteiger charge is -2.40. The molecule has 1 aromatic carbocycles. The lowest BCUT2D eigenvalue weighted by Crippen LogP contribution is -2.55. The average Bonchev–Trinajstić information content (AvgIpc) is 2.60. The van der Waals surface area contributed by atoms with Crippen molar-refractivity contribution >= 4 is 0 Å². The van der Waals surface area contributed by atoms with Gasteiger partial charge in [0.05, 0.1) is 6.61 Å². The molecular weight excluding hydrogens is 308 g/mol. The van der Waals surface area contributed by atoms with Gasteiger partial charge in [-0.25, -0.2) is 0 Å². The molecular formula is C19H30O5. The number of aliphatic hydroxyl groups is 4. The highest BCUT2D eigenvalue weighted by molar-refractivity contribution is 5.31. The second kappa shape index (κ2) is 9.49. The number of aliphatic hydroxyl groups excluding tert-OH is 4. The Balaban J connectivity index is 2.09. The zero-order valence-electron chi connectivity index (χ0n) is 14.3. The van der Waals surface area contributed by atoms with Gasteiger partial charge in [-0.1, -0.05) is 56.9 Å². The maximum atomic E-state index is 10.3. The first kappa shape index (κ1) is 19.3. The molecule has 5 atom stereocenters. The Morgan fingerprint density at radius 2 is 1.62 bits per heavy atom. The summed E-state index contributed by atoms with van der Waals surface area (Å²) in [6, 6.07) is 7.72. The van der Waals surface area contributed by atoms with Crippen molar-refractivity contribution in [1.82, 2.24) is 0 Å². The van der Waals surface area contributed by atoms with Crippen LogP contribution in [0, 0.1) is 0 Å². The van der Waals surface area contributed by atoms with Crippen LogP contribution in [0.2, 0.25) is 0 Å². The summed E-state index contributed by atoms with van der Waals surface area (Å²) in [5.41, 5.74) is 1.91. The van der Waals surface area contributed by atoms with Crippen LogP contribution in [0.5, 0.6) is 0 Å². The zero-order chi connectivity index (χ0) is 17.5. The fourth-order valence-electron chi connectivity index (χ4n) is 3.32. The molecule has 0 aromatic heterocycles. The molecule has 1 aromatic rings. The van der Waals surface area contributed by atoms with Crippen molar-refractivity contribution in [2.75, 3.05) is 6.61 Å². The third-order valence-corrected chi connectivity index (χ3v) is 4.80. The Morgan fingerprint density at radius 3 is 2.33 bits per heavy atom. The number of ether oxygens (including phenoxy) is 1. The van der Waals surface area contributed by atoms with E-state index < -0.39 is 37.1 Å². The van der Waals surface area contributed by atoms with Crippen LogP contribution in [-0.2, 0) is 11.2 Å². The van der Waals surface area contributed by atoms with Gasteiger partial charge in [-0.05, 0) is 24.0 Å². The first-order valence-electron chi connectivity index (χ1n) is 8.98. The molecule has 1 heterocycles. The van der Waals surface area contributed by atoms with E-state index in [0.29, 0.717) is 0 Å². The van der Waals surface area contributed by atoms with Crippen LogP contribution in [0.25, 0.3) is 0 Å². The van der Waals surface area contributed by atoms with Gasteiger partial charge in [0.2, 0.25) is 0 Å². The van der Waals surface area contributed by atoms with E-state index >= 15 is 0 Å². The third kappa shape index (κ3) is 4.55. The summed E-state index contributed by atoms with van der Waals surface area (Å²) >= 11 is 0. The van der Waals surface area contributed by atoms with Crippen molar-refractivity contribution in [1.29, 1.82) is 0 Å². The van der Waals surface area contributed by atoms with Gasteiger partial charge in [0, 0.05) is 0 Å². The number of unbranched alkanes of at least 4 members (excludes halogenated alkanes) is 4. The Morgan fingerprint density at radius 1 is 0.917 bits per heavy atom. The van der Waals surface area contributed by atoms with E-state index in [1.54, 1.807) is 0 Å². The molecule has 1 aliphatic rings. The van der Waals surface area contributed by atoms with Crippen molar-refractivity contribution in [3.05, 3.63) is 35.4 Å². The SMILES string of the molecule is CCCCCCCc1ccccc1C1O[C@H](CO)[C@H](O)[C@H](O)[C@H]1O. The van der Waals surface area contributed by atoms with Gasteiger partial charge in [0.25, 0.3) is 0 Å². The number of rotatable bonds is 8. The van der Waals surface area contributed by atoms with Crippen LogP contribution < -0.4 is 0 Å². The Hall–Kier alpha value is -0.980. The summed E-state index contributed by atoms with van der Waals surface area (Å²) < 4.78 is 5.69. The molecule has 5 heteroatoms. The van der Waals surface area contributed by atoms with E-state index in [2.05, 4.69) is 6.92 Å². The number of hydrogen-bond donors (Lipinski definition) is 4. The predicted octanol–water partition coefficient (Wildman–Crippen LogP) is 1.71. The second-order valence-electron chi connectivity index (χ2n) is 6.61. The van der Waals surface area contributed by atoms with E-state index in [1.807, 2.05) is 24.3 Å². The van der Waals surface area contributed by atoms with Crippen LogP contribution in [0.3, 0.4) is 0 Å². The number of aryl methyl sites for hydroxylation is 1. The highest BCUT2D eigenvalue weighted by atomic mass is 16.5. The molecule has 5 nitrogen and oxygen atoms in total. The maximum Gasteiger partial charge on any atom is 0.113 e. The summed E-state index contributed by atoms with van der Waals surface area (Å²) in [5, 5.41) is 39.6. The van der Waals surface area contributed by atoms with Gasteiger partial charge in [-0.2, -0.15) is 0 Å². The van der Waals surface area contributed by atoms with Crippen molar-refractivity contribution in [2.45, 2.75) is 76.0 Å². The molecule has 0 saturated carbocycles. The van der Waals surface area contributed by atoms with Crippen LogP contribution in [0.1, 0.15) is 56.3 Å². The van der Waals surface area contributed by atoms with E-state index in [4.69, 9.17) is 4.74 Å². The van der Waals surface area contributed by atoms with E-state index in [9.17, 15) is 20.4 Å². The molecule has 1 saturated heterocycles. The van der Waals surface area contributed by atoms with Crippen molar-refractivity contribution in [3.63, 3.8) is 0 Å². The monoisotopic (exact) mass is 338 g/mol. The summed E-state index contributed by atoms with van der Waals surface area (Å²) in [7, 11) is 0. The maximum absolute atomic E-state index is 10.3. The Bertz CT molecular complexity index is 490. The van der Waals surface area contributed by atoms with Crippen LogP contribution >= 0.6 is 0 Å². The summed E-state index contributed by atoms with van der Waals surface area (Å²) in [6.45, 7) is 1.79. The van der Waals surface area contributed by atoms with Gasteiger partial charge in [-0.3, -0.25) is 0 Å². The standard InChI is InChI=1S/C19H30O5/c1-2-3-4-5-6-9-13-10-7-8-11-14(13)19-18(23)17(22)16(21)15(12-20)24-19/h7-8,10-11,15-23H,2-6,9,12H2,1H3/t15-,16+,17+,18-,19?/m1/s1. The van der Waals surface area contributed by atoms with Gasteiger partial charge in [0.1, 0.15) is 30.5 Å². The second-order valence-corrected chi connectivity index (χ2v) is 6.61. The van der Waals surface area contributed by atoms with E-state index in [0.717, 1.165) is 30.4 Å². The van der Waals surface area contributed by atoms with Gasteiger partial charge < -0.3 is 25.2 Å². The minimum atomic E-state index is -1.33. The van der Waals surface area contributed by atoms with Gasteiger partial charge in [0.15, 0.2) is 0 Å². The molecule has 0 bridgehead atoms. The fourth-order valence-corrected chi connectivity index (χ4v) is 3.32. The molecule has 1 aliphatic heterocycles. The van der Waals surface area contributed by atoms with Gasteiger partial charge in [-0.15, -0.1) is 0 Å². The lowest BCUT2D eigenvalue weighted by atomic mass is 9.88. The zero-order valence-corrected chi connectivity index (χ0v) is 14.3. The third-order valence-electron chi connectivity index (χ3n) is 4.80. The summed E-state index contributed by atoms with van der Waals surface area (Å²) in [5.74, 6) is 0. The quantitative estimate of drug-likeness (QED) is 0.542. The smallest absolute Gasteiger partial charge is 0.113 e. The van der Waals surface area contributed by atoms with Crippen molar-refractivity contribution in [3.8, 4) is 0 Å². The molecule has 2 rings (SSSR count). The molecule has 0 spiro atoms. The molecule has 0 aliphatic carbocycles. The van der Waals surface area contributed by atoms with E-state index in [1.165, 1.54) is 19.3 Å². The Labute approximate surface area is 143 Å².